The van der Waals surface area contributed by atoms with Crippen LogP contribution in [0.15, 0.2) is 42.5 Å². The summed E-state index contributed by atoms with van der Waals surface area (Å²) in [5, 5.41) is 32.2. The van der Waals surface area contributed by atoms with Crippen molar-refractivity contribution in [3.05, 3.63) is 64.7 Å². The SMILES string of the molecule is CCOc1ccc(Cc2cc([C@]34OC[C@](C(=O)OC(C)C)(O3)[C@@H](O)[C@H](O)[C@H]4O)ccc2C)cc1. The maximum Gasteiger partial charge on any atom is 0.344 e. The lowest BCUT2D eigenvalue weighted by Gasteiger charge is -2.45. The Morgan fingerprint density at radius 1 is 1.12 bits per heavy atom. The van der Waals surface area contributed by atoms with Crippen LogP contribution in [0.4, 0.5) is 0 Å². The molecule has 2 aromatic carbocycles. The predicted octanol–water partition coefficient (Wildman–Crippen LogP) is 1.97. The largest absolute Gasteiger partial charge is 0.494 e. The summed E-state index contributed by atoms with van der Waals surface area (Å²) in [6.45, 7) is 7.48. The van der Waals surface area contributed by atoms with Crippen molar-refractivity contribution in [3.8, 4) is 5.75 Å². The number of hydrogen-bond acceptors (Lipinski definition) is 8. The molecule has 2 aliphatic rings. The van der Waals surface area contributed by atoms with Gasteiger partial charge in [-0.05, 0) is 69.0 Å². The maximum absolute atomic E-state index is 12.9. The van der Waals surface area contributed by atoms with E-state index in [4.69, 9.17) is 18.9 Å². The van der Waals surface area contributed by atoms with Gasteiger partial charge in [0.05, 0.1) is 19.3 Å². The third-order valence-corrected chi connectivity index (χ3v) is 6.42. The lowest BCUT2D eigenvalue weighted by atomic mass is 9.83. The molecule has 4 rings (SSSR count). The summed E-state index contributed by atoms with van der Waals surface area (Å²) < 4.78 is 22.7. The number of aryl methyl sites for hydroxylation is 1. The van der Waals surface area contributed by atoms with E-state index < -0.39 is 41.8 Å². The van der Waals surface area contributed by atoms with Crippen LogP contribution in [0.25, 0.3) is 0 Å². The van der Waals surface area contributed by atoms with E-state index >= 15 is 0 Å². The van der Waals surface area contributed by atoms with Crippen molar-refractivity contribution in [2.75, 3.05) is 13.2 Å². The topological polar surface area (TPSA) is 115 Å². The van der Waals surface area contributed by atoms with Crippen molar-refractivity contribution in [2.45, 2.75) is 69.9 Å². The van der Waals surface area contributed by atoms with E-state index in [1.54, 1.807) is 19.9 Å². The molecule has 2 heterocycles. The van der Waals surface area contributed by atoms with Gasteiger partial charge in [-0.2, -0.15) is 0 Å². The van der Waals surface area contributed by atoms with Gasteiger partial charge in [-0.25, -0.2) is 4.79 Å². The Balaban J connectivity index is 1.67. The number of ether oxygens (including phenoxy) is 4. The number of carbonyl (C=O) groups is 1. The average Bonchev–Trinajstić information content (AvgIpc) is 3.20. The van der Waals surface area contributed by atoms with E-state index in [1.807, 2.05) is 50.2 Å². The summed E-state index contributed by atoms with van der Waals surface area (Å²) in [5.74, 6) is -1.87. The third-order valence-electron chi connectivity index (χ3n) is 6.42. The number of benzene rings is 2. The molecule has 0 spiro atoms. The molecule has 8 heteroatoms. The van der Waals surface area contributed by atoms with Gasteiger partial charge in [0.2, 0.25) is 11.4 Å². The number of carbonyl (C=O) groups excluding carboxylic acids is 1. The molecular weight excluding hydrogens is 440 g/mol. The van der Waals surface area contributed by atoms with Gasteiger partial charge in [0.15, 0.2) is 0 Å². The monoisotopic (exact) mass is 472 g/mol. The van der Waals surface area contributed by atoms with Crippen molar-refractivity contribution in [2.24, 2.45) is 0 Å². The molecule has 3 N–H and O–H groups in total. The van der Waals surface area contributed by atoms with Crippen LogP contribution in [0.3, 0.4) is 0 Å². The summed E-state index contributed by atoms with van der Waals surface area (Å²) in [7, 11) is 0. The van der Waals surface area contributed by atoms with Crippen molar-refractivity contribution < 1.29 is 39.1 Å². The van der Waals surface area contributed by atoms with Crippen LogP contribution in [0, 0.1) is 6.92 Å². The normalized spacial score (nSPS) is 30.4. The molecule has 2 aliphatic heterocycles. The van der Waals surface area contributed by atoms with Gasteiger partial charge in [0.25, 0.3) is 0 Å². The highest BCUT2D eigenvalue weighted by atomic mass is 16.8. The minimum Gasteiger partial charge on any atom is -0.494 e. The minimum absolute atomic E-state index is 0.365. The Bertz CT molecular complexity index is 1040. The van der Waals surface area contributed by atoms with Gasteiger partial charge in [-0.3, -0.25) is 0 Å². The molecule has 0 radical (unpaired) electrons. The van der Waals surface area contributed by atoms with Crippen molar-refractivity contribution in [1.82, 2.24) is 0 Å². The first-order valence-electron chi connectivity index (χ1n) is 11.5. The summed E-state index contributed by atoms with van der Waals surface area (Å²) in [4.78, 5) is 12.9. The van der Waals surface area contributed by atoms with Crippen LogP contribution >= 0.6 is 0 Å². The summed E-state index contributed by atoms with van der Waals surface area (Å²) in [6, 6.07) is 13.2. The molecule has 2 fully saturated rings. The standard InChI is InChI=1S/C26H32O8/c1-5-31-20-10-7-17(8-11-20)12-18-13-19(9-6-16(18)4)26-23(29)21(27)22(28)25(34-26,14-32-26)24(30)33-15(2)3/h6-11,13,15,21-23,27-29H,5,12,14H2,1-4H3/t21-,22-,23+,25-,26-/m0/s1. The molecule has 0 amide bonds. The first-order valence-corrected chi connectivity index (χ1v) is 11.5. The zero-order valence-electron chi connectivity index (χ0n) is 19.9. The van der Waals surface area contributed by atoms with Crippen LogP contribution in [-0.4, -0.2) is 64.5 Å². The number of esters is 1. The lowest BCUT2D eigenvalue weighted by Crippen LogP contribution is -2.67. The van der Waals surface area contributed by atoms with Crippen LogP contribution in [0.5, 0.6) is 5.75 Å². The zero-order valence-corrected chi connectivity index (χ0v) is 19.9. The van der Waals surface area contributed by atoms with Gasteiger partial charge < -0.3 is 34.3 Å². The molecule has 8 nitrogen and oxygen atoms in total. The molecule has 34 heavy (non-hydrogen) atoms. The summed E-state index contributed by atoms with van der Waals surface area (Å²) >= 11 is 0. The highest BCUT2D eigenvalue weighted by Gasteiger charge is 2.71. The lowest BCUT2D eigenvalue weighted by molar-refractivity contribution is -0.323. The second-order valence-electron chi connectivity index (χ2n) is 9.18. The number of aliphatic hydroxyl groups excluding tert-OH is 3. The number of rotatable bonds is 7. The smallest absolute Gasteiger partial charge is 0.344 e. The fourth-order valence-corrected chi connectivity index (χ4v) is 4.53. The Hall–Kier alpha value is -2.49. The van der Waals surface area contributed by atoms with Crippen LogP contribution in [-0.2, 0) is 31.2 Å². The van der Waals surface area contributed by atoms with Gasteiger partial charge >= 0.3 is 5.97 Å². The molecule has 184 valence electrons. The van der Waals surface area contributed by atoms with E-state index in [0.717, 1.165) is 22.4 Å². The fraction of sp³-hybridized carbons (Fsp3) is 0.500. The molecule has 0 aliphatic carbocycles. The number of aliphatic hydroxyl groups is 3. The average molecular weight is 473 g/mol. The minimum atomic E-state index is -1.94. The molecule has 0 aromatic heterocycles. The predicted molar refractivity (Wildman–Crippen MR) is 122 cm³/mol. The van der Waals surface area contributed by atoms with Crippen molar-refractivity contribution >= 4 is 5.97 Å². The molecule has 2 aromatic rings. The van der Waals surface area contributed by atoms with E-state index in [-0.39, 0.29) is 6.61 Å². The molecule has 2 bridgehead atoms. The van der Waals surface area contributed by atoms with Crippen LogP contribution < -0.4 is 4.74 Å². The second-order valence-corrected chi connectivity index (χ2v) is 9.18. The quantitative estimate of drug-likeness (QED) is 0.524. The van der Waals surface area contributed by atoms with Crippen LogP contribution in [0.1, 0.15) is 43.0 Å². The highest BCUT2D eigenvalue weighted by molar-refractivity contribution is 5.82. The molecular formula is C26H32O8. The summed E-state index contributed by atoms with van der Waals surface area (Å²) in [5.41, 5.74) is 1.53. The molecule has 2 saturated heterocycles. The zero-order chi connectivity index (χ0) is 24.7. The number of fused-ring (bicyclic) bond motifs is 2. The van der Waals surface area contributed by atoms with E-state index in [9.17, 15) is 20.1 Å². The third kappa shape index (κ3) is 4.10. The van der Waals surface area contributed by atoms with E-state index in [0.29, 0.717) is 18.6 Å². The highest BCUT2D eigenvalue weighted by Crippen LogP contribution is 2.50. The Kier molecular flexibility index (Phi) is 6.72. The van der Waals surface area contributed by atoms with Gasteiger partial charge in [0.1, 0.15) is 24.1 Å². The first kappa shape index (κ1) is 24.6. The fourth-order valence-electron chi connectivity index (χ4n) is 4.53. The van der Waals surface area contributed by atoms with Crippen molar-refractivity contribution in [1.29, 1.82) is 0 Å². The Labute approximate surface area is 199 Å². The van der Waals surface area contributed by atoms with Gasteiger partial charge in [0, 0.05) is 5.56 Å². The molecule has 0 saturated carbocycles. The van der Waals surface area contributed by atoms with Crippen molar-refractivity contribution in [3.63, 3.8) is 0 Å². The number of hydrogen-bond donors (Lipinski definition) is 3. The molecule has 0 unspecified atom stereocenters. The second kappa shape index (κ2) is 9.28. The van der Waals surface area contributed by atoms with Gasteiger partial charge in [-0.1, -0.05) is 24.3 Å². The Morgan fingerprint density at radius 3 is 2.47 bits per heavy atom. The molecule has 5 atom stereocenters. The van der Waals surface area contributed by atoms with E-state index in [2.05, 4.69) is 0 Å². The maximum atomic E-state index is 12.9. The first-order chi connectivity index (χ1) is 16.1. The van der Waals surface area contributed by atoms with E-state index in [1.165, 1.54) is 0 Å². The van der Waals surface area contributed by atoms with Crippen LogP contribution in [0.2, 0.25) is 0 Å². The van der Waals surface area contributed by atoms with Gasteiger partial charge in [-0.15, -0.1) is 0 Å². The summed E-state index contributed by atoms with van der Waals surface area (Å²) in [6.07, 6.45) is -4.86. The Morgan fingerprint density at radius 2 is 1.82 bits per heavy atom.